The van der Waals surface area contributed by atoms with Crippen LogP contribution >= 0.6 is 11.6 Å². The molecule has 6 nitrogen and oxygen atoms in total. The van der Waals surface area contributed by atoms with E-state index in [1.54, 1.807) is 13.1 Å². The third-order valence-corrected chi connectivity index (χ3v) is 5.41. The third-order valence-electron chi connectivity index (χ3n) is 5.16. The third kappa shape index (κ3) is 4.59. The second-order valence-corrected chi connectivity index (χ2v) is 7.33. The van der Waals surface area contributed by atoms with Crippen molar-refractivity contribution in [3.05, 3.63) is 70.2 Å². The van der Waals surface area contributed by atoms with Crippen LogP contribution in [-0.2, 0) is 26.5 Å². The molecule has 29 heavy (non-hydrogen) atoms. The minimum absolute atomic E-state index is 0.0745. The molecule has 0 aromatic heterocycles. The minimum Gasteiger partial charge on any atom is -0.398 e. The van der Waals surface area contributed by atoms with Gasteiger partial charge in [-0.1, -0.05) is 58.3 Å². The number of nitrogens with one attached hydrogen (secondary N) is 1. The van der Waals surface area contributed by atoms with Crippen molar-refractivity contribution in [2.75, 3.05) is 14.2 Å². The van der Waals surface area contributed by atoms with E-state index in [0.717, 1.165) is 29.1 Å². The normalized spacial score (nSPS) is 15.6. The highest BCUT2D eigenvalue weighted by molar-refractivity contribution is 6.45. The van der Waals surface area contributed by atoms with Gasteiger partial charge in [0.05, 0.1) is 5.71 Å². The van der Waals surface area contributed by atoms with Crippen molar-refractivity contribution in [1.29, 1.82) is 0 Å². The Balaban J connectivity index is 1.76. The van der Waals surface area contributed by atoms with Crippen molar-refractivity contribution < 1.29 is 14.5 Å². The molecule has 0 bridgehead atoms. The zero-order chi connectivity index (χ0) is 20.9. The van der Waals surface area contributed by atoms with E-state index in [9.17, 15) is 4.79 Å². The SMILES string of the molecule is CNC(=O)C(=NOC)c1ccccc1CON=C(C)C1(c2ccc(Cl)cc2)CC1. The minimum atomic E-state index is -0.335. The highest BCUT2D eigenvalue weighted by Crippen LogP contribution is 2.49. The summed E-state index contributed by atoms with van der Waals surface area (Å²) in [6, 6.07) is 15.3. The molecule has 1 aliphatic carbocycles. The lowest BCUT2D eigenvalue weighted by atomic mass is 9.92. The molecule has 1 saturated carbocycles. The molecule has 3 rings (SSSR count). The molecule has 0 atom stereocenters. The maximum Gasteiger partial charge on any atom is 0.273 e. The van der Waals surface area contributed by atoms with Gasteiger partial charge in [-0.15, -0.1) is 0 Å². The zero-order valence-electron chi connectivity index (χ0n) is 16.7. The Kier molecular flexibility index (Phi) is 6.54. The number of carbonyl (C=O) groups is 1. The Morgan fingerprint density at radius 3 is 2.45 bits per heavy atom. The number of hydrogen-bond acceptors (Lipinski definition) is 5. The van der Waals surface area contributed by atoms with Gasteiger partial charge in [0.25, 0.3) is 5.91 Å². The molecule has 7 heteroatoms. The van der Waals surface area contributed by atoms with E-state index in [0.29, 0.717) is 5.56 Å². The number of halogens is 1. The summed E-state index contributed by atoms with van der Waals surface area (Å²) >= 11 is 6.01. The Hall–Kier alpha value is -2.86. The van der Waals surface area contributed by atoms with E-state index in [4.69, 9.17) is 21.3 Å². The van der Waals surface area contributed by atoms with Crippen molar-refractivity contribution in [3.8, 4) is 0 Å². The zero-order valence-corrected chi connectivity index (χ0v) is 17.5. The molecule has 0 spiro atoms. The number of amides is 1. The summed E-state index contributed by atoms with van der Waals surface area (Å²) in [5.41, 5.74) is 3.67. The summed E-state index contributed by atoms with van der Waals surface area (Å²) in [7, 11) is 2.95. The van der Waals surface area contributed by atoms with Gasteiger partial charge in [0.1, 0.15) is 13.7 Å². The maximum absolute atomic E-state index is 12.2. The average molecular weight is 414 g/mol. The molecule has 0 radical (unpaired) electrons. The van der Waals surface area contributed by atoms with Gasteiger partial charge in [-0.25, -0.2) is 0 Å². The largest absolute Gasteiger partial charge is 0.398 e. The second kappa shape index (κ2) is 9.09. The van der Waals surface area contributed by atoms with Crippen molar-refractivity contribution in [2.24, 2.45) is 10.3 Å². The van der Waals surface area contributed by atoms with E-state index in [1.165, 1.54) is 12.7 Å². The second-order valence-electron chi connectivity index (χ2n) is 6.90. The monoisotopic (exact) mass is 413 g/mol. The van der Waals surface area contributed by atoms with E-state index in [-0.39, 0.29) is 23.6 Å². The molecule has 2 aromatic rings. The van der Waals surface area contributed by atoms with Gasteiger partial charge in [-0.3, -0.25) is 4.79 Å². The van der Waals surface area contributed by atoms with Crippen LogP contribution in [0.25, 0.3) is 0 Å². The van der Waals surface area contributed by atoms with Gasteiger partial charge in [0.2, 0.25) is 0 Å². The first-order valence-electron chi connectivity index (χ1n) is 9.36. The highest BCUT2D eigenvalue weighted by atomic mass is 35.5. The first-order chi connectivity index (χ1) is 14.0. The predicted octanol–water partition coefficient (Wildman–Crippen LogP) is 4.06. The van der Waals surface area contributed by atoms with Crippen LogP contribution in [0.3, 0.4) is 0 Å². The fraction of sp³-hybridized carbons (Fsp3) is 0.318. The lowest BCUT2D eigenvalue weighted by Crippen LogP contribution is -2.29. The summed E-state index contributed by atoms with van der Waals surface area (Å²) in [4.78, 5) is 22.7. The molecule has 0 unspecified atom stereocenters. The van der Waals surface area contributed by atoms with Gasteiger partial charge in [0, 0.05) is 28.6 Å². The van der Waals surface area contributed by atoms with Gasteiger partial charge in [-0.05, 0) is 37.5 Å². The van der Waals surface area contributed by atoms with Gasteiger partial charge >= 0.3 is 0 Å². The molecule has 0 heterocycles. The van der Waals surface area contributed by atoms with Crippen LogP contribution in [0.5, 0.6) is 0 Å². The van der Waals surface area contributed by atoms with E-state index in [1.807, 2.05) is 49.4 Å². The Bertz CT molecular complexity index is 935. The lowest BCUT2D eigenvalue weighted by molar-refractivity contribution is -0.114. The van der Waals surface area contributed by atoms with Crippen molar-refractivity contribution in [1.82, 2.24) is 5.32 Å². The molecular weight excluding hydrogens is 390 g/mol. The number of oxime groups is 2. The maximum atomic E-state index is 12.2. The van der Waals surface area contributed by atoms with Crippen molar-refractivity contribution in [3.63, 3.8) is 0 Å². The van der Waals surface area contributed by atoms with Crippen molar-refractivity contribution >= 4 is 28.9 Å². The molecule has 2 aromatic carbocycles. The van der Waals surface area contributed by atoms with E-state index in [2.05, 4.69) is 15.6 Å². The molecule has 0 aliphatic heterocycles. The number of rotatable bonds is 8. The number of carbonyl (C=O) groups excluding carboxylic acids is 1. The van der Waals surface area contributed by atoms with Gasteiger partial charge < -0.3 is 15.0 Å². The van der Waals surface area contributed by atoms with Gasteiger partial charge in [0.15, 0.2) is 5.71 Å². The van der Waals surface area contributed by atoms with E-state index >= 15 is 0 Å². The smallest absolute Gasteiger partial charge is 0.273 e. The molecule has 1 aliphatic rings. The molecule has 1 fully saturated rings. The average Bonchev–Trinajstić information content (AvgIpc) is 3.54. The molecular formula is C22H24ClN3O3. The topological polar surface area (TPSA) is 72.3 Å². The quantitative estimate of drug-likeness (QED) is 0.524. The van der Waals surface area contributed by atoms with Crippen LogP contribution in [0.1, 0.15) is 36.5 Å². The summed E-state index contributed by atoms with van der Waals surface area (Å²) < 4.78 is 0. The summed E-state index contributed by atoms with van der Waals surface area (Å²) in [5, 5.41) is 11.5. The van der Waals surface area contributed by atoms with Gasteiger partial charge in [-0.2, -0.15) is 0 Å². The summed E-state index contributed by atoms with van der Waals surface area (Å²) in [6.07, 6.45) is 2.07. The number of likely N-dealkylation sites (N-methyl/N-ethyl adjacent to an activating group) is 1. The van der Waals surface area contributed by atoms with Crippen LogP contribution in [0, 0.1) is 0 Å². The number of benzene rings is 2. The highest BCUT2D eigenvalue weighted by Gasteiger charge is 2.47. The van der Waals surface area contributed by atoms with Crippen LogP contribution in [0.15, 0.2) is 58.8 Å². The summed E-state index contributed by atoms with van der Waals surface area (Å²) in [5.74, 6) is -0.335. The van der Waals surface area contributed by atoms with Crippen LogP contribution in [-0.4, -0.2) is 31.5 Å². The molecule has 152 valence electrons. The lowest BCUT2D eigenvalue weighted by Gasteiger charge is -2.16. The number of hydrogen-bond donors (Lipinski definition) is 1. The molecule has 1 amide bonds. The summed E-state index contributed by atoms with van der Waals surface area (Å²) in [6.45, 7) is 2.19. The van der Waals surface area contributed by atoms with Crippen LogP contribution < -0.4 is 5.32 Å². The standard InChI is InChI=1S/C22H24ClN3O3/c1-15(22(12-13-22)17-8-10-18(23)11-9-17)25-29-14-16-6-4-5-7-19(16)20(26-28-3)21(27)24-2/h4-11H,12-14H2,1-3H3,(H,24,27). The van der Waals surface area contributed by atoms with Crippen LogP contribution in [0.4, 0.5) is 0 Å². The fourth-order valence-corrected chi connectivity index (χ4v) is 3.47. The Morgan fingerprint density at radius 2 is 1.83 bits per heavy atom. The Labute approximate surface area is 175 Å². The predicted molar refractivity (Wildman–Crippen MR) is 114 cm³/mol. The first kappa shape index (κ1) is 20.9. The first-order valence-corrected chi connectivity index (χ1v) is 9.74. The Morgan fingerprint density at radius 1 is 1.14 bits per heavy atom. The number of nitrogens with zero attached hydrogens (tertiary/aromatic N) is 2. The molecule has 1 N–H and O–H groups in total. The van der Waals surface area contributed by atoms with Crippen molar-refractivity contribution in [2.45, 2.75) is 31.8 Å². The molecule has 0 saturated heterocycles. The van der Waals surface area contributed by atoms with Crippen LogP contribution in [0.2, 0.25) is 5.02 Å². The fourth-order valence-electron chi connectivity index (χ4n) is 3.34. The van der Waals surface area contributed by atoms with E-state index < -0.39 is 0 Å².